The number of ketones is 1. The standard InChI is InChI=1S/C27H26N2O2/c1-25-9-8-21-13-20-4-5-22(30)14-26(20)10-11-27(21,31-26)24(25)7-6-23(25)17-2-3-18-15-28-29-16-19(18)12-17/h2-3,6,8,12-13,15-16,24H,4-5,7,9-11,14H2,1H3/t24-,25-,26-,27-/m1/s1. The van der Waals surface area contributed by atoms with Crippen LogP contribution in [0, 0.1) is 11.3 Å². The molecule has 7 rings (SSSR count). The van der Waals surface area contributed by atoms with Crippen molar-refractivity contribution in [2.45, 2.75) is 63.1 Å². The van der Waals surface area contributed by atoms with Crippen LogP contribution in [-0.2, 0) is 9.53 Å². The Hall–Kier alpha value is -2.59. The van der Waals surface area contributed by atoms with E-state index >= 15 is 0 Å². The largest absolute Gasteiger partial charge is 0.359 e. The minimum Gasteiger partial charge on any atom is -0.359 e. The zero-order valence-electron chi connectivity index (χ0n) is 17.9. The molecule has 31 heavy (non-hydrogen) atoms. The van der Waals surface area contributed by atoms with Crippen LogP contribution in [0.25, 0.3) is 16.3 Å². The summed E-state index contributed by atoms with van der Waals surface area (Å²) in [6, 6.07) is 6.65. The summed E-state index contributed by atoms with van der Waals surface area (Å²) in [5.41, 5.74) is 4.94. The molecule has 4 nitrogen and oxygen atoms in total. The third kappa shape index (κ3) is 2.21. The second-order valence-corrected chi connectivity index (χ2v) is 10.4. The summed E-state index contributed by atoms with van der Waals surface area (Å²) >= 11 is 0. The number of benzene rings is 1. The Kier molecular flexibility index (Phi) is 3.37. The zero-order valence-corrected chi connectivity index (χ0v) is 17.9. The highest BCUT2D eigenvalue weighted by atomic mass is 16.5. The van der Waals surface area contributed by atoms with Crippen molar-refractivity contribution < 1.29 is 9.53 Å². The smallest absolute Gasteiger partial charge is 0.136 e. The number of carbonyl (C=O) groups is 1. The number of fused-ring (bicyclic) bond motifs is 2. The maximum Gasteiger partial charge on any atom is 0.136 e. The second kappa shape index (κ2) is 5.80. The SMILES string of the molecule is C[C@]12CC=C3C=C4CCC(=O)C[C@]45CC[C@]3(O5)[C@@H]1CC=C2c1ccc2cnncc2c1. The maximum atomic E-state index is 12.4. The van der Waals surface area contributed by atoms with Crippen molar-refractivity contribution in [1.82, 2.24) is 10.2 Å². The summed E-state index contributed by atoms with van der Waals surface area (Å²) in [5.74, 6) is 0.778. The molecule has 4 atom stereocenters. The molecule has 156 valence electrons. The van der Waals surface area contributed by atoms with E-state index in [1.54, 1.807) is 0 Å². The summed E-state index contributed by atoms with van der Waals surface area (Å²) in [6.45, 7) is 2.42. The van der Waals surface area contributed by atoms with Crippen molar-refractivity contribution >= 4 is 22.1 Å². The summed E-state index contributed by atoms with van der Waals surface area (Å²) in [7, 11) is 0. The van der Waals surface area contributed by atoms with Crippen molar-refractivity contribution in [3.05, 3.63) is 65.5 Å². The van der Waals surface area contributed by atoms with Crippen LogP contribution in [0.1, 0.15) is 57.4 Å². The van der Waals surface area contributed by atoms with Gasteiger partial charge in [-0.3, -0.25) is 4.79 Å². The molecule has 2 aromatic rings. The summed E-state index contributed by atoms with van der Waals surface area (Å²) in [4.78, 5) is 12.4. The molecular weight excluding hydrogens is 384 g/mol. The quantitative estimate of drug-likeness (QED) is 0.636. The van der Waals surface area contributed by atoms with E-state index in [1.165, 1.54) is 22.3 Å². The molecule has 4 heteroatoms. The fourth-order valence-electron chi connectivity index (χ4n) is 7.41. The number of nitrogens with zero attached hydrogens (tertiary/aromatic N) is 2. The predicted molar refractivity (Wildman–Crippen MR) is 119 cm³/mol. The normalized spacial score (nSPS) is 38.2. The van der Waals surface area contributed by atoms with E-state index in [-0.39, 0.29) is 16.6 Å². The number of allylic oxidation sites excluding steroid dienone is 3. The van der Waals surface area contributed by atoms with Crippen LogP contribution >= 0.6 is 0 Å². The molecule has 2 aliphatic heterocycles. The van der Waals surface area contributed by atoms with Crippen molar-refractivity contribution in [2.75, 3.05) is 0 Å². The molecule has 3 heterocycles. The molecule has 2 fully saturated rings. The fraction of sp³-hybridized carbons (Fsp3) is 0.444. The molecule has 3 aliphatic carbocycles. The minimum atomic E-state index is -0.324. The molecule has 2 bridgehead atoms. The Bertz CT molecular complexity index is 1260. The number of aromatic nitrogens is 2. The van der Waals surface area contributed by atoms with Crippen molar-refractivity contribution in [1.29, 1.82) is 0 Å². The molecule has 0 unspecified atom stereocenters. The Morgan fingerprint density at radius 3 is 2.84 bits per heavy atom. The number of ether oxygens (including phenoxy) is 1. The molecule has 0 N–H and O–H groups in total. The van der Waals surface area contributed by atoms with Gasteiger partial charge in [-0.05, 0) is 60.5 Å². The second-order valence-electron chi connectivity index (χ2n) is 10.4. The third-order valence-electron chi connectivity index (χ3n) is 8.95. The molecule has 2 spiro atoms. The third-order valence-corrected chi connectivity index (χ3v) is 8.95. The van der Waals surface area contributed by atoms with Gasteiger partial charge in [-0.15, -0.1) is 0 Å². The number of carbonyl (C=O) groups excluding carboxylic acids is 1. The van der Waals surface area contributed by atoms with E-state index in [2.05, 4.69) is 53.5 Å². The molecule has 1 aromatic carbocycles. The van der Waals surface area contributed by atoms with Crippen LogP contribution < -0.4 is 0 Å². The molecule has 0 amide bonds. The first-order valence-corrected chi connectivity index (χ1v) is 11.6. The highest BCUT2D eigenvalue weighted by Crippen LogP contribution is 2.67. The van der Waals surface area contributed by atoms with Crippen LogP contribution in [0.15, 0.2) is 60.0 Å². The van der Waals surface area contributed by atoms with Gasteiger partial charge < -0.3 is 4.74 Å². The lowest BCUT2D eigenvalue weighted by molar-refractivity contribution is -0.143. The van der Waals surface area contributed by atoms with E-state index in [9.17, 15) is 4.79 Å². The Morgan fingerprint density at radius 2 is 1.94 bits per heavy atom. The number of hydrogen-bond donors (Lipinski definition) is 0. The van der Waals surface area contributed by atoms with Crippen LogP contribution in [0.2, 0.25) is 0 Å². The maximum absolute atomic E-state index is 12.4. The lowest BCUT2D eigenvalue weighted by atomic mass is 9.58. The molecular formula is C27H26N2O2. The number of hydrogen-bond acceptors (Lipinski definition) is 4. The Morgan fingerprint density at radius 1 is 1.06 bits per heavy atom. The van der Waals surface area contributed by atoms with Gasteiger partial charge in [-0.1, -0.05) is 37.3 Å². The summed E-state index contributed by atoms with van der Waals surface area (Å²) < 4.78 is 7.08. The highest BCUT2D eigenvalue weighted by Gasteiger charge is 2.65. The monoisotopic (exact) mass is 410 g/mol. The van der Waals surface area contributed by atoms with E-state index in [0.29, 0.717) is 24.5 Å². The summed E-state index contributed by atoms with van der Waals surface area (Å²) in [5, 5.41) is 10.3. The topological polar surface area (TPSA) is 52.1 Å². The Labute approximate surface area is 182 Å². The van der Waals surface area contributed by atoms with Crippen LogP contribution in [0.4, 0.5) is 0 Å². The average molecular weight is 411 g/mol. The zero-order chi connectivity index (χ0) is 20.8. The van der Waals surface area contributed by atoms with E-state index in [1.807, 2.05) is 12.4 Å². The van der Waals surface area contributed by atoms with Gasteiger partial charge >= 0.3 is 0 Å². The Balaban J connectivity index is 1.32. The van der Waals surface area contributed by atoms with Crippen LogP contribution in [0.3, 0.4) is 0 Å². The van der Waals surface area contributed by atoms with E-state index in [4.69, 9.17) is 4.74 Å². The first kappa shape index (κ1) is 18.0. The van der Waals surface area contributed by atoms with Gasteiger partial charge in [-0.25, -0.2) is 0 Å². The van der Waals surface area contributed by atoms with E-state index < -0.39 is 0 Å². The minimum absolute atomic E-state index is 0.0349. The van der Waals surface area contributed by atoms with Gasteiger partial charge in [-0.2, -0.15) is 10.2 Å². The molecule has 1 saturated heterocycles. The lowest BCUT2D eigenvalue weighted by Crippen LogP contribution is -2.53. The lowest BCUT2D eigenvalue weighted by Gasteiger charge is -2.53. The van der Waals surface area contributed by atoms with Gasteiger partial charge in [0.25, 0.3) is 0 Å². The molecule has 0 radical (unpaired) electrons. The average Bonchev–Trinajstić information content (AvgIpc) is 3.28. The first-order valence-electron chi connectivity index (χ1n) is 11.6. The highest BCUT2D eigenvalue weighted by molar-refractivity contribution is 5.87. The van der Waals surface area contributed by atoms with Crippen LogP contribution in [0.5, 0.6) is 0 Å². The first-order chi connectivity index (χ1) is 15.0. The van der Waals surface area contributed by atoms with Gasteiger partial charge in [0.15, 0.2) is 0 Å². The summed E-state index contributed by atoms with van der Waals surface area (Å²) in [6.07, 6.45) is 17.2. The molecule has 1 aromatic heterocycles. The van der Waals surface area contributed by atoms with Crippen LogP contribution in [-0.4, -0.2) is 27.2 Å². The number of Topliss-reactive ketones (excluding diaryl/α,β-unsaturated/α-hetero) is 1. The van der Waals surface area contributed by atoms with Crippen molar-refractivity contribution in [3.8, 4) is 0 Å². The number of rotatable bonds is 1. The van der Waals surface area contributed by atoms with Crippen molar-refractivity contribution in [3.63, 3.8) is 0 Å². The van der Waals surface area contributed by atoms with E-state index in [0.717, 1.165) is 42.9 Å². The van der Waals surface area contributed by atoms with Gasteiger partial charge in [0.05, 0.1) is 23.6 Å². The molecule has 1 saturated carbocycles. The fourth-order valence-corrected chi connectivity index (χ4v) is 7.41. The van der Waals surface area contributed by atoms with Gasteiger partial charge in [0.1, 0.15) is 5.78 Å². The molecule has 5 aliphatic rings. The van der Waals surface area contributed by atoms with Gasteiger partial charge in [0, 0.05) is 34.9 Å². The van der Waals surface area contributed by atoms with Crippen molar-refractivity contribution in [2.24, 2.45) is 11.3 Å². The predicted octanol–water partition coefficient (Wildman–Crippen LogP) is 5.35. The van der Waals surface area contributed by atoms with Gasteiger partial charge in [0.2, 0.25) is 0 Å².